The van der Waals surface area contributed by atoms with E-state index in [2.05, 4.69) is 42.0 Å². The van der Waals surface area contributed by atoms with E-state index in [0.29, 0.717) is 18.7 Å². The quantitative estimate of drug-likeness (QED) is 0.409. The number of allylic oxidation sites excluding steroid dienone is 1. The average Bonchev–Trinajstić information content (AvgIpc) is 3.35. The summed E-state index contributed by atoms with van der Waals surface area (Å²) in [6.45, 7) is 5.29. The van der Waals surface area contributed by atoms with Gasteiger partial charge in [-0.05, 0) is 79.7 Å². The lowest BCUT2D eigenvalue weighted by molar-refractivity contribution is -0.145. The number of hydrogen-bond acceptors (Lipinski definition) is 9. The van der Waals surface area contributed by atoms with Gasteiger partial charge in [-0.1, -0.05) is 25.0 Å². The Labute approximate surface area is 261 Å². The monoisotopic (exact) mass is 677 g/mol. The second-order valence-corrected chi connectivity index (χ2v) is 14.7. The summed E-state index contributed by atoms with van der Waals surface area (Å²) in [4.78, 5) is 56.5. The maximum Gasteiger partial charge on any atom is 0.408 e. The summed E-state index contributed by atoms with van der Waals surface area (Å²) in [5.74, 6) is -2.03. The minimum absolute atomic E-state index is 0.0801. The summed E-state index contributed by atoms with van der Waals surface area (Å²) in [5.41, 5.74) is -2.18. The first-order chi connectivity index (χ1) is 20.4. The third-order valence-electron chi connectivity index (χ3n) is 7.88. The van der Waals surface area contributed by atoms with Crippen molar-refractivity contribution < 1.29 is 29.0 Å². The SMILES string of the molecule is CC(C)(C)OC(=O)N[C@H]1CCCCC/C=C\[C@@H]2C[C@@]2(C(=O)O)NC(=O)[C@@H]2C[C@@H](n3nnc(-c4ccc(Br)s4)n3)CN2C1=O. The third-order valence-corrected chi connectivity index (χ3v) is 9.50. The smallest absolute Gasteiger partial charge is 0.408 e. The molecule has 1 aliphatic carbocycles. The van der Waals surface area contributed by atoms with E-state index in [1.807, 2.05) is 24.3 Å². The molecular formula is C28H36BrN7O6S. The van der Waals surface area contributed by atoms with Gasteiger partial charge in [-0.3, -0.25) is 9.59 Å². The number of amides is 3. The summed E-state index contributed by atoms with van der Waals surface area (Å²) >= 11 is 4.88. The number of hydrogen-bond donors (Lipinski definition) is 3. The van der Waals surface area contributed by atoms with Gasteiger partial charge in [0.25, 0.3) is 0 Å². The van der Waals surface area contributed by atoms with E-state index in [4.69, 9.17) is 4.74 Å². The predicted molar refractivity (Wildman–Crippen MR) is 160 cm³/mol. The van der Waals surface area contributed by atoms with Crippen LogP contribution in [0.2, 0.25) is 0 Å². The lowest BCUT2D eigenvalue weighted by atomic mass is 10.0. The summed E-state index contributed by atoms with van der Waals surface area (Å²) in [6, 6.07) is 1.31. The fourth-order valence-corrected chi connectivity index (χ4v) is 6.92. The number of ether oxygens (including phenoxy) is 1. The molecule has 1 saturated carbocycles. The molecule has 2 aromatic rings. The molecule has 0 spiro atoms. The number of thiophene rings is 1. The number of halogens is 1. The number of fused-ring (bicyclic) bond motifs is 2. The van der Waals surface area contributed by atoms with Crippen LogP contribution in [0, 0.1) is 5.92 Å². The number of nitrogens with zero attached hydrogens (tertiary/aromatic N) is 5. The van der Waals surface area contributed by atoms with Crippen LogP contribution in [0.5, 0.6) is 0 Å². The van der Waals surface area contributed by atoms with Gasteiger partial charge < -0.3 is 25.4 Å². The maximum atomic E-state index is 14.1. The highest BCUT2D eigenvalue weighted by molar-refractivity contribution is 9.11. The van der Waals surface area contributed by atoms with Gasteiger partial charge in [0.1, 0.15) is 23.2 Å². The van der Waals surface area contributed by atoms with Crippen LogP contribution in [0.3, 0.4) is 0 Å². The van der Waals surface area contributed by atoms with Crippen molar-refractivity contribution in [3.8, 4) is 10.7 Å². The normalized spacial score (nSPS) is 29.0. The zero-order valence-corrected chi connectivity index (χ0v) is 26.7. The summed E-state index contributed by atoms with van der Waals surface area (Å²) in [7, 11) is 0. The Morgan fingerprint density at radius 2 is 2.02 bits per heavy atom. The minimum atomic E-state index is -1.42. The maximum absolute atomic E-state index is 14.1. The molecule has 5 atom stereocenters. The molecule has 0 radical (unpaired) electrons. The van der Waals surface area contributed by atoms with E-state index in [1.54, 1.807) is 20.8 Å². The molecule has 0 unspecified atom stereocenters. The molecule has 232 valence electrons. The van der Waals surface area contributed by atoms with Crippen molar-refractivity contribution in [2.75, 3.05) is 6.54 Å². The lowest BCUT2D eigenvalue weighted by Crippen LogP contribution is -2.56. The van der Waals surface area contributed by atoms with Gasteiger partial charge in [0.15, 0.2) is 0 Å². The Bertz CT molecular complexity index is 1420. The summed E-state index contributed by atoms with van der Waals surface area (Å²) in [5, 5.41) is 28.4. The Morgan fingerprint density at radius 3 is 2.72 bits per heavy atom. The van der Waals surface area contributed by atoms with Crippen molar-refractivity contribution in [1.29, 1.82) is 0 Å². The molecule has 5 rings (SSSR count). The van der Waals surface area contributed by atoms with Crippen molar-refractivity contribution in [2.45, 2.75) is 95.0 Å². The topological polar surface area (TPSA) is 169 Å². The Hall–Kier alpha value is -3.33. The van der Waals surface area contributed by atoms with Crippen LogP contribution in [0.15, 0.2) is 28.1 Å². The van der Waals surface area contributed by atoms with Crippen molar-refractivity contribution >= 4 is 51.1 Å². The molecule has 13 nitrogen and oxygen atoms in total. The Morgan fingerprint density at radius 1 is 1.23 bits per heavy atom. The van der Waals surface area contributed by atoms with Crippen molar-refractivity contribution in [2.24, 2.45) is 5.92 Å². The van der Waals surface area contributed by atoms with E-state index in [1.165, 1.54) is 21.0 Å². The van der Waals surface area contributed by atoms with E-state index in [-0.39, 0.29) is 25.3 Å². The first-order valence-corrected chi connectivity index (χ1v) is 16.0. The van der Waals surface area contributed by atoms with Crippen LogP contribution < -0.4 is 10.6 Å². The zero-order chi connectivity index (χ0) is 30.9. The van der Waals surface area contributed by atoms with Crippen molar-refractivity contribution in [3.63, 3.8) is 0 Å². The predicted octanol–water partition coefficient (Wildman–Crippen LogP) is 3.68. The molecule has 3 amide bonds. The molecule has 1 saturated heterocycles. The number of aliphatic carboxylic acids is 1. The molecule has 0 bridgehead atoms. The largest absolute Gasteiger partial charge is 0.479 e. The molecule has 3 aliphatic rings. The van der Waals surface area contributed by atoms with Crippen LogP contribution in [0.4, 0.5) is 4.79 Å². The number of tetrazole rings is 1. The van der Waals surface area contributed by atoms with Gasteiger partial charge in [0, 0.05) is 18.9 Å². The minimum Gasteiger partial charge on any atom is -0.479 e. The molecule has 3 N–H and O–H groups in total. The Balaban J connectivity index is 1.44. The van der Waals surface area contributed by atoms with E-state index >= 15 is 0 Å². The number of carboxylic acids is 1. The van der Waals surface area contributed by atoms with Gasteiger partial charge in [-0.25, -0.2) is 9.59 Å². The van der Waals surface area contributed by atoms with Gasteiger partial charge in [0.05, 0.1) is 14.7 Å². The molecule has 43 heavy (non-hydrogen) atoms. The molecular weight excluding hydrogens is 642 g/mol. The highest BCUT2D eigenvalue weighted by atomic mass is 79.9. The van der Waals surface area contributed by atoms with Crippen molar-refractivity contribution in [1.82, 2.24) is 35.7 Å². The van der Waals surface area contributed by atoms with E-state index in [9.17, 15) is 24.3 Å². The summed E-state index contributed by atoms with van der Waals surface area (Å²) < 4.78 is 6.35. The highest BCUT2D eigenvalue weighted by Gasteiger charge is 2.61. The van der Waals surface area contributed by atoms with Gasteiger partial charge in [0.2, 0.25) is 17.6 Å². The standard InChI is InChI=1S/C28H36BrN7O6S/c1-27(2,3)42-26(41)30-18-10-8-6-4-5-7-9-16-14-28(16,25(39)40)31-23(37)19-13-17(15-35(19)24(18)38)36-33-22(32-34-36)20-11-12-21(29)43-20/h7,9,11-12,16-19H,4-6,8,10,13-15H2,1-3H3,(H,30,41)(H,31,37)(H,39,40)/b9-7-/t16-,17-,18+,19+,28-/m1/s1. The molecule has 15 heteroatoms. The van der Waals surface area contributed by atoms with Gasteiger partial charge in [-0.2, -0.15) is 4.80 Å². The Kier molecular flexibility index (Phi) is 8.93. The van der Waals surface area contributed by atoms with Gasteiger partial charge in [-0.15, -0.1) is 21.5 Å². The number of carbonyl (C=O) groups excluding carboxylic acids is 3. The van der Waals surface area contributed by atoms with Crippen LogP contribution >= 0.6 is 27.3 Å². The zero-order valence-electron chi connectivity index (χ0n) is 24.3. The second-order valence-electron chi connectivity index (χ2n) is 12.3. The average molecular weight is 679 g/mol. The number of carboxylic acid groups (broad SMARTS) is 1. The van der Waals surface area contributed by atoms with E-state index in [0.717, 1.165) is 27.9 Å². The van der Waals surface area contributed by atoms with Crippen LogP contribution in [0.1, 0.15) is 71.8 Å². The number of nitrogens with one attached hydrogen (secondary N) is 2. The number of rotatable bonds is 4. The molecule has 0 aromatic carbocycles. The van der Waals surface area contributed by atoms with E-state index < -0.39 is 53.1 Å². The first kappa shape index (κ1) is 31.1. The van der Waals surface area contributed by atoms with Crippen LogP contribution in [0.25, 0.3) is 10.7 Å². The van der Waals surface area contributed by atoms with Crippen LogP contribution in [-0.2, 0) is 19.1 Å². The molecule has 2 aliphatic heterocycles. The molecule has 2 aromatic heterocycles. The third kappa shape index (κ3) is 7.08. The lowest BCUT2D eigenvalue weighted by Gasteiger charge is -2.30. The van der Waals surface area contributed by atoms with Gasteiger partial charge >= 0.3 is 12.1 Å². The fraction of sp³-hybridized carbons (Fsp3) is 0.607. The number of alkyl carbamates (subject to hydrolysis) is 1. The second kappa shape index (κ2) is 12.3. The van der Waals surface area contributed by atoms with Crippen LogP contribution in [-0.4, -0.2) is 83.9 Å². The number of carbonyl (C=O) groups is 4. The molecule has 2 fully saturated rings. The van der Waals surface area contributed by atoms with Crippen molar-refractivity contribution in [3.05, 3.63) is 28.1 Å². The fourth-order valence-electron chi connectivity index (χ4n) is 5.61. The molecule has 4 heterocycles. The summed E-state index contributed by atoms with van der Waals surface area (Å²) in [6.07, 6.45) is 6.97. The highest BCUT2D eigenvalue weighted by Crippen LogP contribution is 2.45. The number of aromatic nitrogens is 4. The first-order valence-electron chi connectivity index (χ1n) is 14.4.